The lowest BCUT2D eigenvalue weighted by Crippen LogP contribution is -2.44. The first-order valence-electron chi connectivity index (χ1n) is 5.89. The van der Waals surface area contributed by atoms with E-state index in [4.69, 9.17) is 10.5 Å². The molecular weight excluding hydrogens is 264 g/mol. The quantitative estimate of drug-likeness (QED) is 0.743. The van der Waals surface area contributed by atoms with Crippen LogP contribution < -0.4 is 11.1 Å². The first-order chi connectivity index (χ1) is 9.13. The maximum absolute atomic E-state index is 11.9. The van der Waals surface area contributed by atoms with Crippen LogP contribution in [0.1, 0.15) is 12.0 Å². The van der Waals surface area contributed by atoms with Gasteiger partial charge in [0.2, 0.25) is 0 Å². The van der Waals surface area contributed by atoms with Crippen molar-refractivity contribution in [1.29, 1.82) is 0 Å². The molecule has 2 amide bonds. The van der Waals surface area contributed by atoms with Gasteiger partial charge in [-0.2, -0.15) is 11.8 Å². The second-order valence-electron chi connectivity index (χ2n) is 3.94. The number of rotatable bonds is 7. The predicted molar refractivity (Wildman–Crippen MR) is 75.7 cm³/mol. The van der Waals surface area contributed by atoms with Crippen molar-refractivity contribution in [3.8, 4) is 0 Å². The van der Waals surface area contributed by atoms with Crippen LogP contribution in [-0.4, -0.2) is 30.1 Å². The van der Waals surface area contributed by atoms with Gasteiger partial charge in [0, 0.05) is 0 Å². The maximum Gasteiger partial charge on any atom is 0.329 e. The smallest absolute Gasteiger partial charge is 0.329 e. The van der Waals surface area contributed by atoms with Crippen LogP contribution in [0, 0.1) is 0 Å². The van der Waals surface area contributed by atoms with E-state index in [1.54, 1.807) is 11.8 Å². The highest BCUT2D eigenvalue weighted by molar-refractivity contribution is 7.98. The molecule has 0 saturated carbocycles. The summed E-state index contributed by atoms with van der Waals surface area (Å²) in [5, 5.41) is 2.40. The first-order valence-corrected chi connectivity index (χ1v) is 7.28. The molecule has 0 heterocycles. The zero-order valence-corrected chi connectivity index (χ0v) is 11.6. The minimum Gasteiger partial charge on any atom is -0.459 e. The van der Waals surface area contributed by atoms with Gasteiger partial charge >= 0.3 is 12.0 Å². The highest BCUT2D eigenvalue weighted by atomic mass is 32.2. The molecule has 0 aliphatic heterocycles. The molecule has 0 aromatic heterocycles. The van der Waals surface area contributed by atoms with E-state index < -0.39 is 18.0 Å². The van der Waals surface area contributed by atoms with E-state index in [9.17, 15) is 9.59 Å². The highest BCUT2D eigenvalue weighted by Gasteiger charge is 2.20. The summed E-state index contributed by atoms with van der Waals surface area (Å²) < 4.78 is 5.17. The van der Waals surface area contributed by atoms with Gasteiger partial charge in [-0.05, 0) is 24.0 Å². The van der Waals surface area contributed by atoms with Crippen molar-refractivity contribution in [2.45, 2.75) is 19.1 Å². The Kier molecular flexibility index (Phi) is 6.81. The largest absolute Gasteiger partial charge is 0.459 e. The topological polar surface area (TPSA) is 81.4 Å². The van der Waals surface area contributed by atoms with E-state index >= 15 is 0 Å². The number of nitrogens with one attached hydrogen (secondary N) is 1. The SMILES string of the molecule is CSCC[C@H](NC(N)=O)C(=O)OCc1ccccc1. The summed E-state index contributed by atoms with van der Waals surface area (Å²) in [6, 6.07) is 7.96. The van der Waals surface area contributed by atoms with Crippen LogP contribution in [0.15, 0.2) is 30.3 Å². The van der Waals surface area contributed by atoms with Gasteiger partial charge in [-0.3, -0.25) is 0 Å². The molecule has 6 heteroatoms. The molecule has 5 nitrogen and oxygen atoms in total. The molecule has 0 unspecified atom stereocenters. The van der Waals surface area contributed by atoms with E-state index in [0.717, 1.165) is 11.3 Å². The van der Waals surface area contributed by atoms with E-state index in [2.05, 4.69) is 5.32 Å². The average molecular weight is 282 g/mol. The zero-order valence-electron chi connectivity index (χ0n) is 10.8. The number of primary amides is 1. The lowest BCUT2D eigenvalue weighted by Gasteiger charge is -2.16. The van der Waals surface area contributed by atoms with Gasteiger partial charge in [0.15, 0.2) is 0 Å². The Morgan fingerprint density at radius 1 is 1.37 bits per heavy atom. The van der Waals surface area contributed by atoms with E-state index in [-0.39, 0.29) is 6.61 Å². The summed E-state index contributed by atoms with van der Waals surface area (Å²) in [4.78, 5) is 22.7. The predicted octanol–water partition coefficient (Wildman–Crippen LogP) is 1.52. The molecule has 1 atom stereocenters. The Morgan fingerprint density at radius 2 is 2.05 bits per heavy atom. The number of ether oxygens (including phenoxy) is 1. The maximum atomic E-state index is 11.9. The number of carbonyl (C=O) groups excluding carboxylic acids is 2. The standard InChI is InChI=1S/C13H18N2O3S/c1-19-8-7-11(15-13(14)17)12(16)18-9-10-5-3-2-4-6-10/h2-6,11H,7-9H2,1H3,(H3,14,15,17)/t11-/m0/s1. The van der Waals surface area contributed by atoms with Gasteiger partial charge in [-0.1, -0.05) is 30.3 Å². The monoisotopic (exact) mass is 282 g/mol. The third-order valence-electron chi connectivity index (χ3n) is 2.44. The molecule has 0 fully saturated rings. The summed E-state index contributed by atoms with van der Waals surface area (Å²) in [7, 11) is 0. The number of benzene rings is 1. The fraction of sp³-hybridized carbons (Fsp3) is 0.385. The Morgan fingerprint density at radius 3 is 2.63 bits per heavy atom. The van der Waals surface area contributed by atoms with Gasteiger partial charge in [0.25, 0.3) is 0 Å². The molecule has 0 aliphatic rings. The Labute approximate surface area is 116 Å². The number of nitrogens with two attached hydrogens (primary N) is 1. The molecule has 19 heavy (non-hydrogen) atoms. The van der Waals surface area contributed by atoms with E-state index in [1.165, 1.54) is 0 Å². The van der Waals surface area contributed by atoms with Crippen molar-refractivity contribution < 1.29 is 14.3 Å². The third kappa shape index (κ3) is 6.15. The second kappa shape index (κ2) is 8.42. The van der Waals surface area contributed by atoms with Crippen molar-refractivity contribution in [3.63, 3.8) is 0 Å². The van der Waals surface area contributed by atoms with Gasteiger partial charge in [0.05, 0.1) is 0 Å². The summed E-state index contributed by atoms with van der Waals surface area (Å²) in [5.41, 5.74) is 5.95. The number of urea groups is 1. The molecule has 0 saturated heterocycles. The molecule has 0 bridgehead atoms. The highest BCUT2D eigenvalue weighted by Crippen LogP contribution is 2.06. The van der Waals surface area contributed by atoms with Crippen LogP contribution in [-0.2, 0) is 16.1 Å². The summed E-state index contributed by atoms with van der Waals surface area (Å²) in [6.45, 7) is 0.190. The Balaban J connectivity index is 2.48. The second-order valence-corrected chi connectivity index (χ2v) is 4.92. The number of hydrogen-bond acceptors (Lipinski definition) is 4. The third-order valence-corrected chi connectivity index (χ3v) is 3.08. The Hall–Kier alpha value is -1.69. The van der Waals surface area contributed by atoms with E-state index in [0.29, 0.717) is 6.42 Å². The lowest BCUT2D eigenvalue weighted by atomic mass is 10.2. The number of amides is 2. The number of thioether (sulfide) groups is 1. The van der Waals surface area contributed by atoms with Crippen molar-refractivity contribution in [3.05, 3.63) is 35.9 Å². The average Bonchev–Trinajstić information content (AvgIpc) is 2.41. The molecule has 104 valence electrons. The Bertz CT molecular complexity index is 412. The minimum atomic E-state index is -0.720. The summed E-state index contributed by atoms with van der Waals surface area (Å²) in [6.07, 6.45) is 2.42. The van der Waals surface area contributed by atoms with Crippen LogP contribution in [0.25, 0.3) is 0 Å². The molecule has 1 aromatic carbocycles. The number of hydrogen-bond donors (Lipinski definition) is 2. The van der Waals surface area contributed by atoms with Gasteiger partial charge in [0.1, 0.15) is 12.6 Å². The van der Waals surface area contributed by atoms with Crippen molar-refractivity contribution in [2.24, 2.45) is 5.73 Å². The molecule has 0 aliphatic carbocycles. The van der Waals surface area contributed by atoms with Crippen molar-refractivity contribution >= 4 is 23.8 Å². The molecular formula is C13H18N2O3S. The fourth-order valence-corrected chi connectivity index (χ4v) is 1.96. The minimum absolute atomic E-state index is 0.190. The van der Waals surface area contributed by atoms with Crippen molar-refractivity contribution in [2.75, 3.05) is 12.0 Å². The van der Waals surface area contributed by atoms with Gasteiger partial charge < -0.3 is 15.8 Å². The van der Waals surface area contributed by atoms with Crippen LogP contribution in [0.3, 0.4) is 0 Å². The van der Waals surface area contributed by atoms with Crippen molar-refractivity contribution in [1.82, 2.24) is 5.32 Å². The normalized spacial score (nSPS) is 11.6. The lowest BCUT2D eigenvalue weighted by molar-refractivity contribution is -0.147. The summed E-state index contributed by atoms with van der Waals surface area (Å²) in [5.74, 6) is 0.280. The van der Waals surface area contributed by atoms with Crippen LogP contribution >= 0.6 is 11.8 Å². The van der Waals surface area contributed by atoms with Gasteiger partial charge in [-0.25, -0.2) is 9.59 Å². The molecule has 0 spiro atoms. The summed E-state index contributed by atoms with van der Waals surface area (Å²) >= 11 is 1.59. The molecule has 1 rings (SSSR count). The zero-order chi connectivity index (χ0) is 14.1. The van der Waals surface area contributed by atoms with E-state index in [1.807, 2.05) is 36.6 Å². The fourth-order valence-electron chi connectivity index (χ4n) is 1.49. The number of esters is 1. The van der Waals surface area contributed by atoms with Gasteiger partial charge in [-0.15, -0.1) is 0 Å². The number of carbonyl (C=O) groups is 2. The van der Waals surface area contributed by atoms with Crippen LogP contribution in [0.5, 0.6) is 0 Å². The van der Waals surface area contributed by atoms with Crippen LogP contribution in [0.2, 0.25) is 0 Å². The molecule has 3 N–H and O–H groups in total. The first kappa shape index (κ1) is 15.4. The molecule has 0 radical (unpaired) electrons. The van der Waals surface area contributed by atoms with Crippen LogP contribution in [0.4, 0.5) is 4.79 Å². The molecule has 1 aromatic rings.